The summed E-state index contributed by atoms with van der Waals surface area (Å²) in [6.07, 6.45) is 0.648. The fourth-order valence-electron chi connectivity index (χ4n) is 1.09. The third-order valence-corrected chi connectivity index (χ3v) is 3.56. The molecular formula is C9H22N2O3S. The first-order valence-electron chi connectivity index (χ1n) is 5.16. The fourth-order valence-corrected chi connectivity index (χ4v) is 2.18. The zero-order chi connectivity index (χ0) is 11.7. The summed E-state index contributed by atoms with van der Waals surface area (Å²) in [6, 6.07) is 0. The highest BCUT2D eigenvalue weighted by molar-refractivity contribution is 7.89. The van der Waals surface area contributed by atoms with Crippen LogP contribution in [0.25, 0.3) is 0 Å². The van der Waals surface area contributed by atoms with Crippen LogP contribution in [0.4, 0.5) is 0 Å². The van der Waals surface area contributed by atoms with Gasteiger partial charge in [-0.2, -0.15) is 0 Å². The van der Waals surface area contributed by atoms with Gasteiger partial charge in [-0.05, 0) is 13.5 Å². The third-order valence-electron chi connectivity index (χ3n) is 1.97. The molecule has 0 unspecified atom stereocenters. The first-order chi connectivity index (χ1) is 7.02. The van der Waals surface area contributed by atoms with Crippen LogP contribution in [-0.4, -0.2) is 59.5 Å². The minimum atomic E-state index is -3.06. The van der Waals surface area contributed by atoms with E-state index in [1.165, 1.54) is 0 Å². The molecule has 0 aliphatic rings. The van der Waals surface area contributed by atoms with Gasteiger partial charge in [-0.1, -0.05) is 6.92 Å². The Balaban J connectivity index is 3.60. The maximum Gasteiger partial charge on any atom is 0.211 e. The molecule has 0 aromatic carbocycles. The summed E-state index contributed by atoms with van der Waals surface area (Å²) in [6.45, 7) is 4.49. The summed E-state index contributed by atoms with van der Waals surface area (Å²) in [7, 11) is 0.532. The molecule has 92 valence electrons. The van der Waals surface area contributed by atoms with Crippen LogP contribution in [0.3, 0.4) is 0 Å². The smallest absolute Gasteiger partial charge is 0.211 e. The van der Waals surface area contributed by atoms with E-state index in [4.69, 9.17) is 4.74 Å². The zero-order valence-corrected chi connectivity index (χ0v) is 10.6. The first kappa shape index (κ1) is 14.8. The highest BCUT2D eigenvalue weighted by atomic mass is 32.2. The molecule has 0 saturated carbocycles. The molecule has 0 aliphatic heterocycles. The average Bonchev–Trinajstić information content (AvgIpc) is 2.14. The number of ether oxygens (including phenoxy) is 1. The van der Waals surface area contributed by atoms with Crippen molar-refractivity contribution in [2.75, 3.05) is 46.2 Å². The Bertz CT molecular complexity index is 242. The van der Waals surface area contributed by atoms with Crippen LogP contribution >= 0.6 is 0 Å². The van der Waals surface area contributed by atoms with Crippen LogP contribution in [0.1, 0.15) is 13.3 Å². The lowest BCUT2D eigenvalue weighted by Gasteiger charge is -2.16. The van der Waals surface area contributed by atoms with E-state index in [1.807, 2.05) is 18.9 Å². The van der Waals surface area contributed by atoms with Crippen molar-refractivity contribution < 1.29 is 13.2 Å². The second kappa shape index (κ2) is 8.04. The van der Waals surface area contributed by atoms with E-state index in [-0.39, 0.29) is 5.75 Å². The Hall–Kier alpha value is -0.170. The van der Waals surface area contributed by atoms with Gasteiger partial charge in [-0.15, -0.1) is 0 Å². The normalized spacial score (nSPS) is 12.3. The first-order valence-corrected chi connectivity index (χ1v) is 6.82. The molecule has 0 aromatic rings. The summed E-state index contributed by atoms with van der Waals surface area (Å²) in [5.41, 5.74) is 0. The second-order valence-corrected chi connectivity index (χ2v) is 5.44. The molecule has 0 fully saturated rings. The molecule has 5 nitrogen and oxygen atoms in total. The van der Waals surface area contributed by atoms with Crippen LogP contribution in [0.2, 0.25) is 0 Å². The summed E-state index contributed by atoms with van der Waals surface area (Å²) in [4.78, 5) is 2.03. The predicted molar refractivity (Wildman–Crippen MR) is 61.5 cm³/mol. The number of hydrogen-bond acceptors (Lipinski definition) is 4. The van der Waals surface area contributed by atoms with E-state index in [0.717, 1.165) is 6.54 Å². The van der Waals surface area contributed by atoms with Crippen LogP contribution < -0.4 is 4.72 Å². The van der Waals surface area contributed by atoms with Gasteiger partial charge in [0.1, 0.15) is 0 Å². The number of rotatable bonds is 9. The monoisotopic (exact) mass is 238 g/mol. The third kappa shape index (κ3) is 8.80. The van der Waals surface area contributed by atoms with Crippen molar-refractivity contribution in [1.82, 2.24) is 9.62 Å². The van der Waals surface area contributed by atoms with Crippen molar-refractivity contribution >= 4 is 10.0 Å². The van der Waals surface area contributed by atoms with E-state index in [2.05, 4.69) is 4.72 Å². The van der Waals surface area contributed by atoms with E-state index >= 15 is 0 Å². The summed E-state index contributed by atoms with van der Waals surface area (Å²) in [5.74, 6) is 0.203. The second-order valence-electron chi connectivity index (χ2n) is 3.51. The molecule has 0 atom stereocenters. The zero-order valence-electron chi connectivity index (χ0n) is 9.82. The van der Waals surface area contributed by atoms with Gasteiger partial charge in [0.2, 0.25) is 10.0 Å². The van der Waals surface area contributed by atoms with Gasteiger partial charge in [0.15, 0.2) is 0 Å². The summed E-state index contributed by atoms with van der Waals surface area (Å²) >= 11 is 0. The van der Waals surface area contributed by atoms with Crippen molar-refractivity contribution in [1.29, 1.82) is 0 Å². The molecule has 0 aliphatic carbocycles. The standard InChI is InChI=1S/C9H22N2O3S/c1-4-9-15(12,13)10-5-6-11(2)7-8-14-3/h10H,4-9H2,1-3H3. The van der Waals surface area contributed by atoms with Crippen LogP contribution in [-0.2, 0) is 14.8 Å². The number of nitrogens with one attached hydrogen (secondary N) is 1. The summed E-state index contributed by atoms with van der Waals surface area (Å²) in [5, 5.41) is 0. The van der Waals surface area contributed by atoms with E-state index < -0.39 is 10.0 Å². The molecule has 0 bridgehead atoms. The minimum Gasteiger partial charge on any atom is -0.383 e. The molecule has 6 heteroatoms. The molecule has 0 aromatic heterocycles. The van der Waals surface area contributed by atoms with E-state index in [1.54, 1.807) is 7.11 Å². The van der Waals surface area contributed by atoms with Gasteiger partial charge in [0.25, 0.3) is 0 Å². The maximum atomic E-state index is 11.3. The van der Waals surface area contributed by atoms with Crippen molar-refractivity contribution in [2.45, 2.75) is 13.3 Å². The van der Waals surface area contributed by atoms with Crippen molar-refractivity contribution in [3.63, 3.8) is 0 Å². The van der Waals surface area contributed by atoms with Crippen LogP contribution in [0.15, 0.2) is 0 Å². The largest absolute Gasteiger partial charge is 0.383 e. The van der Waals surface area contributed by atoms with Crippen molar-refractivity contribution in [3.8, 4) is 0 Å². The fraction of sp³-hybridized carbons (Fsp3) is 1.00. The molecular weight excluding hydrogens is 216 g/mol. The van der Waals surface area contributed by atoms with E-state index in [9.17, 15) is 8.42 Å². The van der Waals surface area contributed by atoms with Gasteiger partial charge in [-0.25, -0.2) is 13.1 Å². The lowest BCUT2D eigenvalue weighted by Crippen LogP contribution is -2.35. The van der Waals surface area contributed by atoms with Gasteiger partial charge >= 0.3 is 0 Å². The predicted octanol–water partition coefficient (Wildman–Crippen LogP) is -0.106. The maximum absolute atomic E-state index is 11.3. The highest BCUT2D eigenvalue weighted by Gasteiger charge is 2.07. The molecule has 0 radical (unpaired) electrons. The number of likely N-dealkylation sites (N-methyl/N-ethyl adjacent to an activating group) is 1. The molecule has 15 heavy (non-hydrogen) atoms. The van der Waals surface area contributed by atoms with E-state index in [0.29, 0.717) is 26.1 Å². The highest BCUT2D eigenvalue weighted by Crippen LogP contribution is 1.88. The Morgan fingerprint density at radius 3 is 2.53 bits per heavy atom. The SMILES string of the molecule is CCCS(=O)(=O)NCCN(C)CCOC. The molecule has 0 rings (SSSR count). The Labute approximate surface area is 92.8 Å². The Morgan fingerprint density at radius 2 is 2.00 bits per heavy atom. The molecule has 0 heterocycles. The topological polar surface area (TPSA) is 58.6 Å². The van der Waals surface area contributed by atoms with Gasteiger partial charge in [0, 0.05) is 26.7 Å². The number of methoxy groups -OCH3 is 1. The lowest BCUT2D eigenvalue weighted by molar-refractivity contribution is 0.162. The Kier molecular flexibility index (Phi) is 7.95. The minimum absolute atomic E-state index is 0.203. The lowest BCUT2D eigenvalue weighted by atomic mass is 10.5. The molecule has 0 spiro atoms. The summed E-state index contributed by atoms with van der Waals surface area (Å²) < 4.78 is 30.0. The number of nitrogens with zero attached hydrogens (tertiary/aromatic N) is 1. The van der Waals surface area contributed by atoms with Crippen molar-refractivity contribution in [2.24, 2.45) is 0 Å². The van der Waals surface area contributed by atoms with Gasteiger partial charge in [-0.3, -0.25) is 0 Å². The average molecular weight is 238 g/mol. The molecule has 1 N–H and O–H groups in total. The van der Waals surface area contributed by atoms with Gasteiger partial charge < -0.3 is 9.64 Å². The van der Waals surface area contributed by atoms with Gasteiger partial charge in [0.05, 0.1) is 12.4 Å². The number of hydrogen-bond donors (Lipinski definition) is 1. The molecule has 0 amide bonds. The quantitative estimate of drug-likeness (QED) is 0.609. The van der Waals surface area contributed by atoms with Crippen LogP contribution in [0, 0.1) is 0 Å². The Morgan fingerprint density at radius 1 is 1.33 bits per heavy atom. The van der Waals surface area contributed by atoms with Crippen molar-refractivity contribution in [3.05, 3.63) is 0 Å². The molecule has 0 saturated heterocycles. The van der Waals surface area contributed by atoms with Crippen LogP contribution in [0.5, 0.6) is 0 Å². The number of sulfonamides is 1.